The maximum absolute atomic E-state index is 12.7. The van der Waals surface area contributed by atoms with Crippen LogP contribution in [0.5, 0.6) is 5.75 Å². The first-order valence-corrected chi connectivity index (χ1v) is 7.13. The molecule has 0 radical (unpaired) electrons. The lowest BCUT2D eigenvalue weighted by Crippen LogP contribution is -2.18. The van der Waals surface area contributed by atoms with E-state index in [0.717, 1.165) is 16.7 Å². The second-order valence-corrected chi connectivity index (χ2v) is 5.30. The van der Waals surface area contributed by atoms with Crippen molar-refractivity contribution < 1.29 is 22.3 Å². The van der Waals surface area contributed by atoms with Crippen LogP contribution in [0.3, 0.4) is 0 Å². The van der Waals surface area contributed by atoms with Crippen LogP contribution in [0.25, 0.3) is 16.7 Å². The molecule has 24 heavy (non-hydrogen) atoms. The first-order chi connectivity index (χ1) is 11.3. The van der Waals surface area contributed by atoms with Gasteiger partial charge in [-0.05, 0) is 42.5 Å². The van der Waals surface area contributed by atoms with Crippen LogP contribution in [-0.4, -0.2) is 11.7 Å². The Bertz CT molecular complexity index is 1020. The highest BCUT2D eigenvalue weighted by Crippen LogP contribution is 2.30. The average Bonchev–Trinajstić information content (AvgIpc) is 2.54. The second kappa shape index (κ2) is 5.79. The Balaban J connectivity index is 2.22. The van der Waals surface area contributed by atoms with Crippen molar-refractivity contribution >= 4 is 23.2 Å². The van der Waals surface area contributed by atoms with Crippen molar-refractivity contribution in [3.63, 3.8) is 0 Å². The fraction of sp³-hybridized carbons (Fsp3) is 0.125. The molecule has 0 spiro atoms. The summed E-state index contributed by atoms with van der Waals surface area (Å²) in [7, 11) is 1.48. The molecule has 0 saturated carbocycles. The predicted octanol–water partition coefficient (Wildman–Crippen LogP) is 4.34. The minimum absolute atomic E-state index is 0.125. The van der Waals surface area contributed by atoms with Gasteiger partial charge in [0.05, 0.1) is 23.7 Å². The first-order valence-electron chi connectivity index (χ1n) is 6.73. The van der Waals surface area contributed by atoms with Crippen molar-refractivity contribution in [2.75, 3.05) is 7.11 Å². The molecule has 0 amide bonds. The van der Waals surface area contributed by atoms with E-state index in [1.807, 2.05) is 0 Å². The topological polar surface area (TPSA) is 44.4 Å². The Morgan fingerprint density at radius 1 is 1.12 bits per heavy atom. The Morgan fingerprint density at radius 3 is 2.38 bits per heavy atom. The molecule has 8 heteroatoms. The lowest BCUT2D eigenvalue weighted by molar-refractivity contribution is -0.137. The van der Waals surface area contributed by atoms with Crippen LogP contribution in [0.2, 0.25) is 0 Å². The molecule has 0 N–H and O–H groups in total. The zero-order valence-electron chi connectivity index (χ0n) is 12.3. The molecule has 0 unspecified atom stereocenters. The van der Waals surface area contributed by atoms with Gasteiger partial charge in [-0.15, -0.1) is 0 Å². The molecule has 0 bridgehead atoms. The van der Waals surface area contributed by atoms with E-state index >= 15 is 0 Å². The number of halogens is 3. The number of nitrogens with zero attached hydrogens (tertiary/aromatic N) is 1. The molecule has 1 heterocycles. The van der Waals surface area contributed by atoms with Crippen molar-refractivity contribution in [2.24, 2.45) is 0 Å². The number of fused-ring (bicyclic) bond motifs is 1. The van der Waals surface area contributed by atoms with Gasteiger partial charge in [0, 0.05) is 0 Å². The molecule has 0 aliphatic carbocycles. The highest BCUT2D eigenvalue weighted by molar-refractivity contribution is 7.71. The van der Waals surface area contributed by atoms with Gasteiger partial charge in [-0.1, -0.05) is 12.2 Å². The molecule has 1 aromatic heterocycles. The van der Waals surface area contributed by atoms with Gasteiger partial charge < -0.3 is 9.15 Å². The van der Waals surface area contributed by atoms with Crippen molar-refractivity contribution in [1.29, 1.82) is 0 Å². The summed E-state index contributed by atoms with van der Waals surface area (Å²) in [5.41, 5.74) is -0.356. The van der Waals surface area contributed by atoms with Gasteiger partial charge in [0.15, 0.2) is 0 Å². The maximum Gasteiger partial charge on any atom is 0.425 e. The van der Waals surface area contributed by atoms with Crippen LogP contribution >= 0.6 is 12.2 Å². The molecule has 0 aliphatic rings. The number of methoxy groups -OCH3 is 1. The maximum atomic E-state index is 12.7. The monoisotopic (exact) mass is 353 g/mol. The number of benzene rings is 2. The molecule has 0 aliphatic heterocycles. The summed E-state index contributed by atoms with van der Waals surface area (Å²) in [6.07, 6.45) is -4.46. The molecular formula is C16H10F3NO3S. The average molecular weight is 353 g/mol. The normalized spacial score (nSPS) is 11.7. The second-order valence-electron chi connectivity index (χ2n) is 4.92. The molecule has 124 valence electrons. The van der Waals surface area contributed by atoms with E-state index in [2.05, 4.69) is 0 Å². The molecule has 4 nitrogen and oxygen atoms in total. The number of alkyl halides is 3. The van der Waals surface area contributed by atoms with Gasteiger partial charge >= 0.3 is 11.9 Å². The van der Waals surface area contributed by atoms with Crippen molar-refractivity contribution in [3.8, 4) is 11.4 Å². The molecule has 3 aromatic rings. The van der Waals surface area contributed by atoms with Crippen LogP contribution < -0.4 is 10.5 Å². The van der Waals surface area contributed by atoms with E-state index in [4.69, 9.17) is 21.4 Å². The Kier molecular flexibility index (Phi) is 3.92. The summed E-state index contributed by atoms with van der Waals surface area (Å²) in [6.45, 7) is 0. The van der Waals surface area contributed by atoms with Gasteiger partial charge in [0.1, 0.15) is 16.0 Å². The van der Waals surface area contributed by atoms with Crippen molar-refractivity contribution in [2.45, 2.75) is 6.18 Å². The lowest BCUT2D eigenvalue weighted by atomic mass is 10.2. The van der Waals surface area contributed by atoms with E-state index in [0.29, 0.717) is 11.1 Å². The van der Waals surface area contributed by atoms with Crippen LogP contribution in [0, 0.1) is 4.64 Å². The molecular weight excluding hydrogens is 343 g/mol. The lowest BCUT2D eigenvalue weighted by Gasteiger charge is -2.10. The zero-order chi connectivity index (χ0) is 17.5. The summed E-state index contributed by atoms with van der Waals surface area (Å²) < 4.78 is 49.4. The Labute approximate surface area is 138 Å². The molecule has 0 fully saturated rings. The summed E-state index contributed by atoms with van der Waals surface area (Å²) in [4.78, 5) is 12.2. The highest BCUT2D eigenvalue weighted by atomic mass is 32.1. The van der Waals surface area contributed by atoms with E-state index < -0.39 is 17.5 Å². The van der Waals surface area contributed by atoms with Gasteiger partial charge in [-0.2, -0.15) is 13.2 Å². The van der Waals surface area contributed by atoms with Crippen LogP contribution in [0.1, 0.15) is 5.56 Å². The van der Waals surface area contributed by atoms with E-state index in [-0.39, 0.29) is 15.9 Å². The fourth-order valence-corrected chi connectivity index (χ4v) is 2.60. The standard InChI is InChI=1S/C16H10F3NO3S/c1-22-11-6-7-13-12(8-11)14(24)20(15(21)23-13)10-4-2-9(3-5-10)16(17,18)19/h2-8H,1H3. The largest absolute Gasteiger partial charge is 0.497 e. The van der Waals surface area contributed by atoms with E-state index in [9.17, 15) is 18.0 Å². The highest BCUT2D eigenvalue weighted by Gasteiger charge is 2.30. The minimum Gasteiger partial charge on any atom is -0.497 e. The third-order valence-electron chi connectivity index (χ3n) is 3.45. The zero-order valence-corrected chi connectivity index (χ0v) is 13.1. The summed E-state index contributed by atoms with van der Waals surface area (Å²) in [5, 5.41) is 0.448. The number of hydrogen-bond donors (Lipinski definition) is 0. The first kappa shape index (κ1) is 16.3. The SMILES string of the molecule is COc1ccc2oc(=O)n(-c3ccc(C(F)(F)F)cc3)c(=S)c2c1. The molecule has 3 rings (SSSR count). The van der Waals surface area contributed by atoms with Gasteiger partial charge in [-0.25, -0.2) is 9.36 Å². The third kappa shape index (κ3) is 2.80. The number of ether oxygens (including phenoxy) is 1. The summed E-state index contributed by atoms with van der Waals surface area (Å²) >= 11 is 5.30. The third-order valence-corrected chi connectivity index (χ3v) is 3.86. The number of aromatic nitrogens is 1. The molecule has 2 aromatic carbocycles. The van der Waals surface area contributed by atoms with Crippen LogP contribution in [0.15, 0.2) is 51.7 Å². The molecule has 0 atom stereocenters. The van der Waals surface area contributed by atoms with Crippen LogP contribution in [0.4, 0.5) is 13.2 Å². The predicted molar refractivity (Wildman–Crippen MR) is 84.2 cm³/mol. The minimum atomic E-state index is -4.46. The summed E-state index contributed by atoms with van der Waals surface area (Å²) in [5.74, 6) is -0.265. The Morgan fingerprint density at radius 2 is 1.79 bits per heavy atom. The smallest absolute Gasteiger partial charge is 0.425 e. The van der Waals surface area contributed by atoms with Crippen molar-refractivity contribution in [3.05, 3.63) is 63.2 Å². The number of hydrogen-bond acceptors (Lipinski definition) is 4. The van der Waals surface area contributed by atoms with E-state index in [1.54, 1.807) is 18.2 Å². The van der Waals surface area contributed by atoms with Crippen LogP contribution in [-0.2, 0) is 6.18 Å². The summed E-state index contributed by atoms with van der Waals surface area (Å²) in [6, 6.07) is 8.86. The quantitative estimate of drug-likeness (QED) is 0.643. The van der Waals surface area contributed by atoms with Gasteiger partial charge in [-0.3, -0.25) is 0 Å². The van der Waals surface area contributed by atoms with Gasteiger partial charge in [0.25, 0.3) is 0 Å². The van der Waals surface area contributed by atoms with E-state index in [1.165, 1.54) is 19.2 Å². The number of rotatable bonds is 2. The van der Waals surface area contributed by atoms with Gasteiger partial charge in [0.2, 0.25) is 0 Å². The fourth-order valence-electron chi connectivity index (χ4n) is 2.26. The molecule has 0 saturated heterocycles. The van der Waals surface area contributed by atoms with Crippen molar-refractivity contribution in [1.82, 2.24) is 4.57 Å². The Hall–Kier alpha value is -2.61.